The molecule has 0 bridgehead atoms. The molecular weight excluding hydrogens is 224 g/mol. The lowest BCUT2D eigenvalue weighted by Gasteiger charge is -2.27. The van der Waals surface area contributed by atoms with Crippen molar-refractivity contribution in [3.63, 3.8) is 0 Å². The molecule has 0 atom stereocenters. The smallest absolute Gasteiger partial charge is 0.251 e. The number of nitrogens with one attached hydrogen (secondary N) is 1. The molecule has 1 aromatic rings. The van der Waals surface area contributed by atoms with Crippen LogP contribution >= 0.6 is 0 Å². The average molecular weight is 246 g/mol. The number of H-pyrrole nitrogens is 1. The van der Waals surface area contributed by atoms with E-state index in [0.717, 1.165) is 17.4 Å². The quantitative estimate of drug-likeness (QED) is 0.889. The average Bonchev–Trinajstić information content (AvgIpc) is 3.22. The van der Waals surface area contributed by atoms with Crippen molar-refractivity contribution in [1.82, 2.24) is 9.97 Å². The highest BCUT2D eigenvalue weighted by atomic mass is 16.1. The van der Waals surface area contributed by atoms with Gasteiger partial charge in [-0.1, -0.05) is 13.3 Å². The van der Waals surface area contributed by atoms with Crippen LogP contribution in [-0.4, -0.2) is 9.97 Å². The first-order chi connectivity index (χ1) is 8.76. The van der Waals surface area contributed by atoms with Crippen molar-refractivity contribution in [3.8, 4) is 0 Å². The van der Waals surface area contributed by atoms with Crippen LogP contribution in [0.3, 0.4) is 0 Å². The van der Waals surface area contributed by atoms with E-state index in [1.54, 1.807) is 6.07 Å². The number of aromatic amines is 1. The summed E-state index contributed by atoms with van der Waals surface area (Å²) in [7, 11) is 0. The van der Waals surface area contributed by atoms with Crippen LogP contribution in [0, 0.1) is 5.92 Å². The summed E-state index contributed by atoms with van der Waals surface area (Å²) in [4.78, 5) is 19.4. The molecule has 2 fully saturated rings. The standard InChI is InChI=1S/C15H22N2O/c1-2-10-3-5-12(6-4-10)15-16-13(11-7-8-11)9-14(18)17-15/h9-12H,2-8H2,1H3,(H,16,17,18). The Morgan fingerprint density at radius 1 is 1.17 bits per heavy atom. The zero-order valence-corrected chi connectivity index (χ0v) is 11.1. The Balaban J connectivity index is 1.77. The third kappa shape index (κ3) is 2.50. The van der Waals surface area contributed by atoms with Crippen molar-refractivity contribution in [1.29, 1.82) is 0 Å². The van der Waals surface area contributed by atoms with Crippen molar-refractivity contribution >= 4 is 0 Å². The second-order valence-corrected chi connectivity index (χ2v) is 5.96. The molecule has 98 valence electrons. The summed E-state index contributed by atoms with van der Waals surface area (Å²) in [6.07, 6.45) is 8.66. The molecule has 2 aliphatic carbocycles. The summed E-state index contributed by atoms with van der Waals surface area (Å²) in [5.74, 6) is 2.90. The Labute approximate surface area is 108 Å². The highest BCUT2D eigenvalue weighted by molar-refractivity contribution is 5.15. The Bertz CT molecular complexity index is 468. The summed E-state index contributed by atoms with van der Waals surface area (Å²) >= 11 is 0. The number of rotatable bonds is 3. The fourth-order valence-corrected chi connectivity index (χ4v) is 3.12. The number of hydrogen-bond donors (Lipinski definition) is 1. The molecule has 3 rings (SSSR count). The monoisotopic (exact) mass is 246 g/mol. The summed E-state index contributed by atoms with van der Waals surface area (Å²) in [6.45, 7) is 2.28. The van der Waals surface area contributed by atoms with Gasteiger partial charge in [0.15, 0.2) is 0 Å². The van der Waals surface area contributed by atoms with Gasteiger partial charge in [-0.3, -0.25) is 4.79 Å². The van der Waals surface area contributed by atoms with Gasteiger partial charge in [-0.05, 0) is 44.4 Å². The summed E-state index contributed by atoms with van der Waals surface area (Å²) in [5, 5.41) is 0. The SMILES string of the molecule is CCC1CCC(c2nc(C3CC3)cc(=O)[nH]2)CC1. The van der Waals surface area contributed by atoms with Gasteiger partial charge in [0.05, 0.1) is 5.69 Å². The molecule has 2 aliphatic rings. The first kappa shape index (κ1) is 11.9. The Morgan fingerprint density at radius 3 is 2.44 bits per heavy atom. The van der Waals surface area contributed by atoms with Gasteiger partial charge in [0, 0.05) is 17.9 Å². The van der Waals surface area contributed by atoms with E-state index < -0.39 is 0 Å². The molecule has 2 saturated carbocycles. The van der Waals surface area contributed by atoms with Crippen molar-refractivity contribution in [2.75, 3.05) is 0 Å². The van der Waals surface area contributed by atoms with Crippen LogP contribution in [0.5, 0.6) is 0 Å². The fraction of sp³-hybridized carbons (Fsp3) is 0.733. The van der Waals surface area contributed by atoms with Gasteiger partial charge in [-0.2, -0.15) is 0 Å². The molecule has 3 nitrogen and oxygen atoms in total. The van der Waals surface area contributed by atoms with Crippen LogP contribution in [0.15, 0.2) is 10.9 Å². The Hall–Kier alpha value is -1.12. The number of nitrogens with zero attached hydrogens (tertiary/aromatic N) is 1. The van der Waals surface area contributed by atoms with Gasteiger partial charge in [0.25, 0.3) is 5.56 Å². The van der Waals surface area contributed by atoms with Crippen LogP contribution in [0.2, 0.25) is 0 Å². The highest BCUT2D eigenvalue weighted by Gasteiger charge is 2.28. The second-order valence-electron chi connectivity index (χ2n) is 5.96. The van der Waals surface area contributed by atoms with Gasteiger partial charge in [0.2, 0.25) is 0 Å². The fourth-order valence-electron chi connectivity index (χ4n) is 3.12. The first-order valence-corrected chi connectivity index (χ1v) is 7.37. The van der Waals surface area contributed by atoms with E-state index in [2.05, 4.69) is 11.9 Å². The molecule has 0 amide bonds. The van der Waals surface area contributed by atoms with Gasteiger partial charge in [-0.25, -0.2) is 4.98 Å². The van der Waals surface area contributed by atoms with Crippen molar-refractivity contribution < 1.29 is 0 Å². The van der Waals surface area contributed by atoms with Gasteiger partial charge in [-0.15, -0.1) is 0 Å². The first-order valence-electron chi connectivity index (χ1n) is 7.37. The molecule has 18 heavy (non-hydrogen) atoms. The lowest BCUT2D eigenvalue weighted by molar-refractivity contribution is 0.311. The van der Waals surface area contributed by atoms with E-state index in [1.807, 2.05) is 0 Å². The number of aromatic nitrogens is 2. The van der Waals surface area contributed by atoms with Crippen molar-refractivity contribution in [2.24, 2.45) is 5.92 Å². The van der Waals surface area contributed by atoms with Crippen LogP contribution in [-0.2, 0) is 0 Å². The maximum Gasteiger partial charge on any atom is 0.251 e. The van der Waals surface area contributed by atoms with Gasteiger partial charge in [0.1, 0.15) is 5.82 Å². The third-order valence-corrected chi connectivity index (χ3v) is 4.59. The lowest BCUT2D eigenvalue weighted by atomic mass is 9.80. The van der Waals surface area contributed by atoms with Crippen molar-refractivity contribution in [3.05, 3.63) is 27.9 Å². The Morgan fingerprint density at radius 2 is 1.83 bits per heavy atom. The number of hydrogen-bond acceptors (Lipinski definition) is 2. The minimum Gasteiger partial charge on any atom is -0.310 e. The molecule has 0 aliphatic heterocycles. The minimum absolute atomic E-state index is 0.0412. The van der Waals surface area contributed by atoms with Gasteiger partial charge < -0.3 is 4.98 Å². The van der Waals surface area contributed by atoms with Crippen LogP contribution < -0.4 is 5.56 Å². The predicted octanol–water partition coefficient (Wildman–Crippen LogP) is 3.33. The molecular formula is C15H22N2O. The molecule has 1 N–H and O–H groups in total. The largest absolute Gasteiger partial charge is 0.310 e. The van der Waals surface area contributed by atoms with E-state index >= 15 is 0 Å². The molecule has 3 heteroatoms. The van der Waals surface area contributed by atoms with Gasteiger partial charge >= 0.3 is 0 Å². The summed E-state index contributed by atoms with van der Waals surface area (Å²) in [6, 6.07) is 1.69. The minimum atomic E-state index is 0.0412. The topological polar surface area (TPSA) is 45.8 Å². The van der Waals surface area contributed by atoms with E-state index in [9.17, 15) is 4.79 Å². The van der Waals surface area contributed by atoms with E-state index in [4.69, 9.17) is 4.98 Å². The third-order valence-electron chi connectivity index (χ3n) is 4.59. The maximum absolute atomic E-state index is 11.7. The lowest BCUT2D eigenvalue weighted by Crippen LogP contribution is -2.19. The molecule has 1 heterocycles. The van der Waals surface area contributed by atoms with Crippen LogP contribution in [0.1, 0.15) is 75.2 Å². The predicted molar refractivity (Wildman–Crippen MR) is 71.8 cm³/mol. The molecule has 1 aromatic heterocycles. The highest BCUT2D eigenvalue weighted by Crippen LogP contribution is 2.40. The molecule has 0 unspecified atom stereocenters. The normalized spacial score (nSPS) is 28.3. The van der Waals surface area contributed by atoms with Crippen LogP contribution in [0.25, 0.3) is 0 Å². The summed E-state index contributed by atoms with van der Waals surface area (Å²) < 4.78 is 0. The molecule has 0 aromatic carbocycles. The second kappa shape index (κ2) is 4.87. The zero-order chi connectivity index (χ0) is 12.5. The summed E-state index contributed by atoms with van der Waals surface area (Å²) in [5.41, 5.74) is 1.07. The maximum atomic E-state index is 11.7. The molecule has 0 spiro atoms. The molecule has 0 radical (unpaired) electrons. The molecule has 0 saturated heterocycles. The zero-order valence-electron chi connectivity index (χ0n) is 11.1. The van der Waals surface area contributed by atoms with Crippen LogP contribution in [0.4, 0.5) is 0 Å². The Kier molecular flexibility index (Phi) is 3.23. The van der Waals surface area contributed by atoms with Crippen molar-refractivity contribution in [2.45, 2.75) is 63.7 Å². The van der Waals surface area contributed by atoms with E-state index in [-0.39, 0.29) is 5.56 Å². The van der Waals surface area contributed by atoms with E-state index in [0.29, 0.717) is 11.8 Å². The van der Waals surface area contributed by atoms with E-state index in [1.165, 1.54) is 44.9 Å².